The van der Waals surface area contributed by atoms with Crippen molar-refractivity contribution in [1.82, 2.24) is 0 Å². The van der Waals surface area contributed by atoms with Gasteiger partial charge >= 0.3 is 11.9 Å². The third-order valence-electron chi connectivity index (χ3n) is 1.05. The SMILES string of the molecule is CCCOCC(=O)C(=O)OC(C)=O.[Ti]. The van der Waals surface area contributed by atoms with Crippen molar-refractivity contribution in [3.05, 3.63) is 0 Å². The first-order valence-electron chi connectivity index (χ1n) is 3.91. The number of ether oxygens (including phenoxy) is 2. The second-order valence-corrected chi connectivity index (χ2v) is 2.36. The average molecular weight is 236 g/mol. The van der Waals surface area contributed by atoms with E-state index in [4.69, 9.17) is 4.74 Å². The van der Waals surface area contributed by atoms with Gasteiger partial charge in [-0.05, 0) is 6.42 Å². The molecule has 0 fully saturated rings. The van der Waals surface area contributed by atoms with Crippen LogP contribution >= 0.6 is 0 Å². The number of Topliss-reactive ketones (excluding diaryl/α,β-unsaturated/α-hetero) is 1. The maximum Gasteiger partial charge on any atom is 0.384 e. The van der Waals surface area contributed by atoms with E-state index in [0.717, 1.165) is 13.3 Å². The van der Waals surface area contributed by atoms with E-state index in [2.05, 4.69) is 4.74 Å². The van der Waals surface area contributed by atoms with Crippen LogP contribution in [0.3, 0.4) is 0 Å². The molecule has 0 saturated heterocycles. The molecule has 0 aromatic rings. The fraction of sp³-hybridized carbons (Fsp3) is 0.625. The van der Waals surface area contributed by atoms with E-state index < -0.39 is 17.7 Å². The molecule has 78 valence electrons. The monoisotopic (exact) mass is 236 g/mol. The zero-order chi connectivity index (χ0) is 10.3. The van der Waals surface area contributed by atoms with Crippen LogP contribution in [0.5, 0.6) is 0 Å². The summed E-state index contributed by atoms with van der Waals surface area (Å²) in [5, 5.41) is 0. The molecule has 0 bridgehead atoms. The predicted molar refractivity (Wildman–Crippen MR) is 42.9 cm³/mol. The van der Waals surface area contributed by atoms with Crippen molar-refractivity contribution < 1.29 is 45.6 Å². The molecule has 0 rings (SSSR count). The van der Waals surface area contributed by atoms with Gasteiger partial charge in [-0.3, -0.25) is 9.59 Å². The summed E-state index contributed by atoms with van der Waals surface area (Å²) in [6.45, 7) is 3.00. The molecule has 0 aliphatic heterocycles. The zero-order valence-electron chi connectivity index (χ0n) is 8.16. The molecule has 6 heteroatoms. The van der Waals surface area contributed by atoms with Gasteiger partial charge in [0.05, 0.1) is 0 Å². The molecule has 0 N–H and O–H groups in total. The molecule has 0 radical (unpaired) electrons. The van der Waals surface area contributed by atoms with Crippen LogP contribution in [0.25, 0.3) is 0 Å². The van der Waals surface area contributed by atoms with Crippen LogP contribution in [0, 0.1) is 0 Å². The Kier molecular flexibility index (Phi) is 10.3. The third kappa shape index (κ3) is 8.10. The topological polar surface area (TPSA) is 69.7 Å². The van der Waals surface area contributed by atoms with Crippen molar-refractivity contribution >= 4 is 17.7 Å². The fourth-order valence-electron chi connectivity index (χ4n) is 0.556. The first kappa shape index (κ1) is 15.9. The summed E-state index contributed by atoms with van der Waals surface area (Å²) in [4.78, 5) is 31.7. The Balaban J connectivity index is 0. The first-order valence-corrected chi connectivity index (χ1v) is 3.91. The molecule has 0 saturated carbocycles. The molecular weight excluding hydrogens is 224 g/mol. The van der Waals surface area contributed by atoms with E-state index in [1.807, 2.05) is 6.92 Å². The molecule has 0 heterocycles. The van der Waals surface area contributed by atoms with Gasteiger partial charge in [-0.15, -0.1) is 0 Å². The van der Waals surface area contributed by atoms with Gasteiger partial charge in [0.2, 0.25) is 0 Å². The summed E-state index contributed by atoms with van der Waals surface area (Å²) in [5.74, 6) is -2.80. The van der Waals surface area contributed by atoms with Crippen LogP contribution in [0.4, 0.5) is 0 Å². The van der Waals surface area contributed by atoms with Crippen LogP contribution in [0.2, 0.25) is 0 Å². The maximum absolute atomic E-state index is 10.8. The van der Waals surface area contributed by atoms with Crippen LogP contribution in [-0.4, -0.2) is 30.9 Å². The molecule has 0 amide bonds. The Morgan fingerprint density at radius 1 is 1.21 bits per heavy atom. The van der Waals surface area contributed by atoms with Gasteiger partial charge in [0, 0.05) is 35.2 Å². The third-order valence-corrected chi connectivity index (χ3v) is 1.05. The number of esters is 2. The van der Waals surface area contributed by atoms with E-state index in [1.165, 1.54) is 0 Å². The molecular formula is C8H12O5Ti. The smallest absolute Gasteiger partial charge is 0.384 e. The summed E-state index contributed by atoms with van der Waals surface area (Å²) >= 11 is 0. The summed E-state index contributed by atoms with van der Waals surface area (Å²) in [7, 11) is 0. The number of carbonyl (C=O) groups excluding carboxylic acids is 3. The molecule has 5 nitrogen and oxygen atoms in total. The van der Waals surface area contributed by atoms with Crippen molar-refractivity contribution in [2.45, 2.75) is 20.3 Å². The predicted octanol–water partition coefficient (Wildman–Crippen LogP) is 0.0693. The largest absolute Gasteiger partial charge is 0.387 e. The summed E-state index contributed by atoms with van der Waals surface area (Å²) in [6, 6.07) is 0. The molecule has 14 heavy (non-hydrogen) atoms. The van der Waals surface area contributed by atoms with Crippen LogP contribution < -0.4 is 0 Å². The molecule has 0 atom stereocenters. The summed E-state index contributed by atoms with van der Waals surface area (Å²) in [5.41, 5.74) is 0. The van der Waals surface area contributed by atoms with Gasteiger partial charge in [-0.25, -0.2) is 4.79 Å². The molecule has 0 unspecified atom stereocenters. The van der Waals surface area contributed by atoms with E-state index in [-0.39, 0.29) is 28.3 Å². The standard InChI is InChI=1S/C8H12O5.Ti/c1-3-4-12-5-7(10)8(11)13-6(2)9;/h3-5H2,1-2H3;. The fourth-order valence-corrected chi connectivity index (χ4v) is 0.556. The van der Waals surface area contributed by atoms with Crippen molar-refractivity contribution in [2.24, 2.45) is 0 Å². The van der Waals surface area contributed by atoms with Gasteiger partial charge in [-0.2, -0.15) is 0 Å². The number of carbonyl (C=O) groups is 3. The van der Waals surface area contributed by atoms with Gasteiger partial charge in [0.25, 0.3) is 5.78 Å². The molecule has 0 spiro atoms. The van der Waals surface area contributed by atoms with E-state index >= 15 is 0 Å². The molecule has 0 aliphatic rings. The second-order valence-electron chi connectivity index (χ2n) is 2.36. The first-order chi connectivity index (χ1) is 6.07. The minimum absolute atomic E-state index is 0. The number of rotatable bonds is 5. The number of hydrogen-bond acceptors (Lipinski definition) is 5. The Morgan fingerprint density at radius 3 is 2.21 bits per heavy atom. The molecule has 0 aromatic carbocycles. The van der Waals surface area contributed by atoms with Gasteiger partial charge in [0.1, 0.15) is 6.61 Å². The van der Waals surface area contributed by atoms with Crippen molar-refractivity contribution in [2.75, 3.05) is 13.2 Å². The van der Waals surface area contributed by atoms with Gasteiger partial charge in [-0.1, -0.05) is 6.92 Å². The van der Waals surface area contributed by atoms with Gasteiger partial charge in [0.15, 0.2) is 0 Å². The quantitative estimate of drug-likeness (QED) is 0.222. The van der Waals surface area contributed by atoms with Crippen molar-refractivity contribution in [3.63, 3.8) is 0 Å². The normalized spacial score (nSPS) is 8.71. The zero-order valence-corrected chi connectivity index (χ0v) is 9.72. The van der Waals surface area contributed by atoms with E-state index in [0.29, 0.717) is 6.61 Å². The second kappa shape index (κ2) is 9.06. The van der Waals surface area contributed by atoms with E-state index in [1.54, 1.807) is 0 Å². The summed E-state index contributed by atoms with van der Waals surface area (Å²) < 4.78 is 8.82. The Labute approximate surface area is 97.0 Å². The van der Waals surface area contributed by atoms with Crippen LogP contribution in [0.1, 0.15) is 20.3 Å². The minimum Gasteiger partial charge on any atom is -0.387 e. The molecule has 0 aromatic heterocycles. The van der Waals surface area contributed by atoms with Crippen molar-refractivity contribution in [1.29, 1.82) is 0 Å². The van der Waals surface area contributed by atoms with Gasteiger partial charge < -0.3 is 9.47 Å². The average Bonchev–Trinajstić information content (AvgIpc) is 2.03. The maximum atomic E-state index is 10.8. The Hall–Kier alpha value is -0.516. The van der Waals surface area contributed by atoms with Crippen molar-refractivity contribution in [3.8, 4) is 0 Å². The summed E-state index contributed by atoms with van der Waals surface area (Å²) in [6.07, 6.45) is 0.759. The van der Waals surface area contributed by atoms with E-state index in [9.17, 15) is 14.4 Å². The number of ketones is 1. The minimum atomic E-state index is -1.16. The molecule has 0 aliphatic carbocycles. The van der Waals surface area contributed by atoms with Crippen LogP contribution in [0.15, 0.2) is 0 Å². The number of hydrogen-bond donors (Lipinski definition) is 0. The van der Waals surface area contributed by atoms with Crippen LogP contribution in [-0.2, 0) is 45.6 Å². The Morgan fingerprint density at radius 2 is 1.79 bits per heavy atom. The Bertz CT molecular complexity index is 214.